The average Bonchev–Trinajstić information content (AvgIpc) is 2.48. The van der Waals surface area contributed by atoms with Crippen molar-refractivity contribution in [2.45, 2.75) is 11.2 Å². The maximum absolute atomic E-state index is 4.29. The van der Waals surface area contributed by atoms with Crippen LogP contribution in [0.4, 0.5) is 0 Å². The molecule has 1 heterocycles. The number of nitrogens with zero attached hydrogens (tertiary/aromatic N) is 2. The third-order valence-corrected chi connectivity index (χ3v) is 4.03. The molecule has 3 rings (SSSR count). The van der Waals surface area contributed by atoms with Crippen LogP contribution in [0.3, 0.4) is 0 Å². The Kier molecular flexibility index (Phi) is 3.56. The number of aromatic nitrogens is 2. The standard InChI is InChI=1S/C16H13BrN2/c17-15(12-6-2-1-3-7-12)10-16-14-9-5-4-8-13(14)11-18-19-16/h1-9,11,15H,10H2. The highest BCUT2D eigenvalue weighted by Gasteiger charge is 2.11. The van der Waals surface area contributed by atoms with Crippen molar-refractivity contribution < 1.29 is 0 Å². The summed E-state index contributed by atoms with van der Waals surface area (Å²) in [6.45, 7) is 0. The number of rotatable bonds is 3. The van der Waals surface area contributed by atoms with E-state index in [0.717, 1.165) is 17.5 Å². The Morgan fingerprint density at radius 2 is 1.68 bits per heavy atom. The summed E-state index contributed by atoms with van der Waals surface area (Å²) in [4.78, 5) is 0.258. The van der Waals surface area contributed by atoms with Crippen LogP contribution in [0.2, 0.25) is 0 Å². The molecule has 0 radical (unpaired) electrons. The number of hydrogen-bond donors (Lipinski definition) is 0. The lowest BCUT2D eigenvalue weighted by atomic mass is 10.0. The quantitative estimate of drug-likeness (QED) is 0.673. The fraction of sp³-hybridized carbons (Fsp3) is 0.125. The van der Waals surface area contributed by atoms with Crippen molar-refractivity contribution in [2.24, 2.45) is 0 Å². The normalized spacial score (nSPS) is 12.5. The fourth-order valence-corrected chi connectivity index (χ4v) is 2.80. The van der Waals surface area contributed by atoms with E-state index in [4.69, 9.17) is 0 Å². The van der Waals surface area contributed by atoms with Crippen LogP contribution < -0.4 is 0 Å². The molecule has 1 aromatic heterocycles. The van der Waals surface area contributed by atoms with Gasteiger partial charge in [0.25, 0.3) is 0 Å². The second-order valence-electron chi connectivity index (χ2n) is 4.46. The number of halogens is 1. The van der Waals surface area contributed by atoms with Crippen molar-refractivity contribution in [3.63, 3.8) is 0 Å². The van der Waals surface area contributed by atoms with Crippen LogP contribution in [-0.4, -0.2) is 10.2 Å². The van der Waals surface area contributed by atoms with Gasteiger partial charge in [-0.25, -0.2) is 0 Å². The Morgan fingerprint density at radius 3 is 2.53 bits per heavy atom. The monoisotopic (exact) mass is 312 g/mol. The summed E-state index contributed by atoms with van der Waals surface area (Å²) in [5.41, 5.74) is 2.29. The van der Waals surface area contributed by atoms with Gasteiger partial charge in [0.2, 0.25) is 0 Å². The molecule has 2 aromatic carbocycles. The lowest BCUT2D eigenvalue weighted by Crippen LogP contribution is -2.00. The SMILES string of the molecule is BrC(Cc1nncc2ccccc12)c1ccccc1. The predicted octanol–water partition coefficient (Wildman–Crippen LogP) is 4.31. The van der Waals surface area contributed by atoms with Crippen molar-refractivity contribution >= 4 is 26.7 Å². The largest absolute Gasteiger partial charge is 0.158 e. The highest BCUT2D eigenvalue weighted by molar-refractivity contribution is 9.09. The molecular weight excluding hydrogens is 300 g/mol. The predicted molar refractivity (Wildman–Crippen MR) is 81.4 cm³/mol. The van der Waals surface area contributed by atoms with Gasteiger partial charge in [-0.1, -0.05) is 70.5 Å². The minimum atomic E-state index is 0.258. The van der Waals surface area contributed by atoms with Crippen molar-refractivity contribution in [3.8, 4) is 0 Å². The van der Waals surface area contributed by atoms with E-state index >= 15 is 0 Å². The maximum atomic E-state index is 4.29. The van der Waals surface area contributed by atoms with Crippen LogP contribution in [0.25, 0.3) is 10.8 Å². The molecule has 1 atom stereocenters. The van der Waals surface area contributed by atoms with Gasteiger partial charge in [0.15, 0.2) is 0 Å². The second-order valence-corrected chi connectivity index (χ2v) is 5.57. The van der Waals surface area contributed by atoms with Gasteiger partial charge in [0, 0.05) is 22.0 Å². The summed E-state index contributed by atoms with van der Waals surface area (Å²) in [7, 11) is 0. The van der Waals surface area contributed by atoms with Crippen LogP contribution >= 0.6 is 15.9 Å². The number of alkyl halides is 1. The Bertz CT molecular complexity index is 677. The minimum absolute atomic E-state index is 0.258. The van der Waals surface area contributed by atoms with Gasteiger partial charge in [-0.15, -0.1) is 0 Å². The van der Waals surface area contributed by atoms with Crippen molar-refractivity contribution in [1.82, 2.24) is 10.2 Å². The molecular formula is C16H13BrN2. The topological polar surface area (TPSA) is 25.8 Å². The molecule has 0 aliphatic heterocycles. The van der Waals surface area contributed by atoms with Gasteiger partial charge in [-0.3, -0.25) is 0 Å². The Hall–Kier alpha value is -1.74. The van der Waals surface area contributed by atoms with E-state index in [-0.39, 0.29) is 4.83 Å². The third-order valence-electron chi connectivity index (χ3n) is 3.18. The molecule has 0 aliphatic rings. The summed E-state index contributed by atoms with van der Waals surface area (Å²) < 4.78 is 0. The molecule has 0 N–H and O–H groups in total. The van der Waals surface area contributed by atoms with Crippen molar-refractivity contribution in [3.05, 3.63) is 72.1 Å². The van der Waals surface area contributed by atoms with Gasteiger partial charge in [-0.2, -0.15) is 10.2 Å². The van der Waals surface area contributed by atoms with Gasteiger partial charge in [0.05, 0.1) is 11.9 Å². The first-order chi connectivity index (χ1) is 9.34. The smallest absolute Gasteiger partial charge is 0.0723 e. The molecule has 0 fully saturated rings. The third kappa shape index (κ3) is 2.66. The molecule has 3 aromatic rings. The first-order valence-corrected chi connectivity index (χ1v) is 7.14. The lowest BCUT2D eigenvalue weighted by Gasteiger charge is -2.10. The summed E-state index contributed by atoms with van der Waals surface area (Å²) in [5, 5.41) is 10.7. The van der Waals surface area contributed by atoms with Gasteiger partial charge in [0.1, 0.15) is 0 Å². The van der Waals surface area contributed by atoms with Crippen LogP contribution in [0.15, 0.2) is 60.8 Å². The van der Waals surface area contributed by atoms with Crippen LogP contribution in [-0.2, 0) is 6.42 Å². The first kappa shape index (κ1) is 12.3. The van der Waals surface area contributed by atoms with E-state index in [0.29, 0.717) is 0 Å². The van der Waals surface area contributed by atoms with E-state index in [1.165, 1.54) is 10.9 Å². The van der Waals surface area contributed by atoms with Crippen LogP contribution in [0.1, 0.15) is 16.1 Å². The molecule has 2 nitrogen and oxygen atoms in total. The highest BCUT2D eigenvalue weighted by Crippen LogP contribution is 2.28. The Labute approximate surface area is 120 Å². The zero-order valence-corrected chi connectivity index (χ0v) is 11.9. The average molecular weight is 313 g/mol. The molecule has 0 saturated heterocycles. The molecule has 0 aliphatic carbocycles. The molecule has 0 spiro atoms. The van der Waals surface area contributed by atoms with E-state index < -0.39 is 0 Å². The van der Waals surface area contributed by atoms with E-state index in [1.807, 2.05) is 24.4 Å². The molecule has 94 valence electrons. The number of fused-ring (bicyclic) bond motifs is 1. The molecule has 3 heteroatoms. The fourth-order valence-electron chi connectivity index (χ4n) is 2.19. The summed E-state index contributed by atoms with van der Waals surface area (Å²) >= 11 is 3.74. The highest BCUT2D eigenvalue weighted by atomic mass is 79.9. The van der Waals surface area contributed by atoms with E-state index in [2.05, 4.69) is 62.5 Å². The zero-order chi connectivity index (χ0) is 13.1. The molecule has 0 amide bonds. The van der Waals surface area contributed by atoms with E-state index in [9.17, 15) is 0 Å². The maximum Gasteiger partial charge on any atom is 0.0723 e. The number of hydrogen-bond acceptors (Lipinski definition) is 2. The molecule has 0 bridgehead atoms. The zero-order valence-electron chi connectivity index (χ0n) is 10.3. The summed E-state index contributed by atoms with van der Waals surface area (Å²) in [6, 6.07) is 18.6. The van der Waals surface area contributed by atoms with Gasteiger partial charge >= 0.3 is 0 Å². The second kappa shape index (κ2) is 5.49. The van der Waals surface area contributed by atoms with Gasteiger partial charge in [-0.05, 0) is 5.56 Å². The van der Waals surface area contributed by atoms with Crippen LogP contribution in [0, 0.1) is 0 Å². The van der Waals surface area contributed by atoms with Crippen molar-refractivity contribution in [1.29, 1.82) is 0 Å². The van der Waals surface area contributed by atoms with Gasteiger partial charge < -0.3 is 0 Å². The summed E-state index contributed by atoms with van der Waals surface area (Å²) in [6.07, 6.45) is 2.64. The summed E-state index contributed by atoms with van der Waals surface area (Å²) in [5.74, 6) is 0. The Morgan fingerprint density at radius 1 is 0.947 bits per heavy atom. The number of benzene rings is 2. The van der Waals surface area contributed by atoms with Crippen LogP contribution in [0.5, 0.6) is 0 Å². The lowest BCUT2D eigenvalue weighted by molar-refractivity contribution is 0.868. The van der Waals surface area contributed by atoms with E-state index in [1.54, 1.807) is 0 Å². The first-order valence-electron chi connectivity index (χ1n) is 6.23. The minimum Gasteiger partial charge on any atom is -0.158 e. The Balaban J connectivity index is 1.94. The molecule has 1 unspecified atom stereocenters. The van der Waals surface area contributed by atoms with Crippen molar-refractivity contribution in [2.75, 3.05) is 0 Å². The molecule has 0 saturated carbocycles. The molecule has 19 heavy (non-hydrogen) atoms.